The van der Waals surface area contributed by atoms with E-state index in [1.54, 1.807) is 6.92 Å². The van der Waals surface area contributed by atoms with Crippen LogP contribution in [0.15, 0.2) is 0 Å². The van der Waals surface area contributed by atoms with Crippen LogP contribution < -0.4 is 16.9 Å². The molecule has 1 atom stereocenters. The molecule has 0 heterocycles. The number of hydrogen-bond donors (Lipinski definition) is 3. The fraction of sp³-hybridized carbons (Fsp3) is 0.667. The summed E-state index contributed by atoms with van der Waals surface area (Å²) >= 11 is 0. The summed E-state index contributed by atoms with van der Waals surface area (Å²) in [5.74, 6) is -1.27. The first-order valence-electron chi connectivity index (χ1n) is 3.52. The topological polar surface area (TPSA) is 107 Å². The van der Waals surface area contributed by atoms with Gasteiger partial charge in [0.1, 0.15) is 6.04 Å². The lowest BCUT2D eigenvalue weighted by Gasteiger charge is -2.11. The minimum atomic E-state index is -0.845. The average Bonchev–Trinajstić information content (AvgIpc) is 1.96. The molecule has 0 aliphatic carbocycles. The smallest absolute Gasteiger partial charge is 0.237 e. The molecule has 0 radical (unpaired) electrons. The van der Waals surface area contributed by atoms with E-state index in [0.717, 1.165) is 0 Å². The Morgan fingerprint density at radius 2 is 2.08 bits per heavy atom. The van der Waals surface area contributed by atoms with E-state index >= 15 is 0 Å². The van der Waals surface area contributed by atoms with Gasteiger partial charge in [-0.2, -0.15) is 5.48 Å². The van der Waals surface area contributed by atoms with Gasteiger partial charge in [-0.05, 0) is 6.92 Å². The van der Waals surface area contributed by atoms with Gasteiger partial charge in [0, 0.05) is 0 Å². The second kappa shape index (κ2) is 5.50. The van der Waals surface area contributed by atoms with Gasteiger partial charge in [-0.25, -0.2) is 0 Å². The van der Waals surface area contributed by atoms with Crippen LogP contribution in [0.3, 0.4) is 0 Å². The number of primary amides is 2. The van der Waals surface area contributed by atoms with E-state index in [0.29, 0.717) is 6.61 Å². The molecule has 1 unspecified atom stereocenters. The number of rotatable bonds is 6. The van der Waals surface area contributed by atoms with Crippen molar-refractivity contribution in [3.63, 3.8) is 0 Å². The lowest BCUT2D eigenvalue weighted by atomic mass is 10.2. The van der Waals surface area contributed by atoms with Crippen LogP contribution in [0.1, 0.15) is 13.3 Å². The van der Waals surface area contributed by atoms with Crippen molar-refractivity contribution in [3.8, 4) is 0 Å². The Balaban J connectivity index is 3.87. The summed E-state index contributed by atoms with van der Waals surface area (Å²) in [7, 11) is 0. The van der Waals surface area contributed by atoms with E-state index in [4.69, 9.17) is 16.3 Å². The molecule has 70 valence electrons. The molecule has 12 heavy (non-hydrogen) atoms. The zero-order valence-corrected chi connectivity index (χ0v) is 6.87. The van der Waals surface area contributed by atoms with Gasteiger partial charge in [-0.3, -0.25) is 9.59 Å². The Hall–Kier alpha value is -1.14. The van der Waals surface area contributed by atoms with Crippen molar-refractivity contribution in [3.05, 3.63) is 0 Å². The molecule has 0 aromatic carbocycles. The molecule has 6 heteroatoms. The SMILES string of the molecule is CCONC(CC(N)=O)C(N)=O. The molecule has 6 nitrogen and oxygen atoms in total. The number of carbonyl (C=O) groups excluding carboxylic acids is 2. The molecule has 0 rings (SSSR count). The third-order valence-electron chi connectivity index (χ3n) is 1.12. The van der Waals surface area contributed by atoms with Gasteiger partial charge in [0.05, 0.1) is 13.0 Å². The highest BCUT2D eigenvalue weighted by molar-refractivity contribution is 5.86. The van der Waals surface area contributed by atoms with E-state index < -0.39 is 17.9 Å². The van der Waals surface area contributed by atoms with Crippen molar-refractivity contribution < 1.29 is 14.4 Å². The Morgan fingerprint density at radius 3 is 2.42 bits per heavy atom. The largest absolute Gasteiger partial charge is 0.370 e. The molecule has 0 aromatic heterocycles. The van der Waals surface area contributed by atoms with Crippen molar-refractivity contribution in [2.24, 2.45) is 11.5 Å². The van der Waals surface area contributed by atoms with E-state index in [-0.39, 0.29) is 6.42 Å². The molecule has 0 saturated heterocycles. The number of hydrogen-bond acceptors (Lipinski definition) is 4. The van der Waals surface area contributed by atoms with Crippen molar-refractivity contribution in [2.45, 2.75) is 19.4 Å². The number of hydroxylamine groups is 1. The summed E-state index contributed by atoms with van der Waals surface area (Å²) in [5, 5.41) is 0. The van der Waals surface area contributed by atoms with E-state index in [1.807, 2.05) is 0 Å². The molecule has 0 aliphatic heterocycles. The number of amides is 2. The van der Waals surface area contributed by atoms with Crippen LogP contribution >= 0.6 is 0 Å². The second-order valence-corrected chi connectivity index (χ2v) is 2.18. The summed E-state index contributed by atoms with van der Waals surface area (Å²) in [6.07, 6.45) is -0.157. The summed E-state index contributed by atoms with van der Waals surface area (Å²) in [5.41, 5.74) is 12.1. The van der Waals surface area contributed by atoms with Crippen LogP contribution in [0.4, 0.5) is 0 Å². The third kappa shape index (κ3) is 4.64. The van der Waals surface area contributed by atoms with Gasteiger partial charge in [-0.1, -0.05) is 0 Å². The van der Waals surface area contributed by atoms with Gasteiger partial charge < -0.3 is 16.3 Å². The summed E-state index contributed by atoms with van der Waals surface area (Å²) in [6, 6.07) is -0.845. The molecule has 2 amide bonds. The van der Waals surface area contributed by atoms with Crippen LogP contribution in [0, 0.1) is 0 Å². The van der Waals surface area contributed by atoms with Crippen molar-refractivity contribution in [1.29, 1.82) is 0 Å². The van der Waals surface area contributed by atoms with Crippen molar-refractivity contribution >= 4 is 11.8 Å². The van der Waals surface area contributed by atoms with Crippen LogP contribution in [0.2, 0.25) is 0 Å². The highest BCUT2D eigenvalue weighted by atomic mass is 16.6. The minimum Gasteiger partial charge on any atom is -0.370 e. The fourth-order valence-corrected chi connectivity index (χ4v) is 0.585. The lowest BCUT2D eigenvalue weighted by molar-refractivity contribution is -0.129. The zero-order chi connectivity index (χ0) is 9.56. The molecule has 0 aliphatic rings. The van der Waals surface area contributed by atoms with Crippen LogP contribution in [-0.2, 0) is 14.4 Å². The zero-order valence-electron chi connectivity index (χ0n) is 6.87. The normalized spacial score (nSPS) is 12.4. The average molecular weight is 175 g/mol. The Morgan fingerprint density at radius 1 is 1.50 bits per heavy atom. The summed E-state index contributed by atoms with van der Waals surface area (Å²) < 4.78 is 0. The van der Waals surface area contributed by atoms with E-state index in [2.05, 4.69) is 5.48 Å². The predicted molar refractivity (Wildman–Crippen MR) is 41.6 cm³/mol. The molecule has 5 N–H and O–H groups in total. The maximum atomic E-state index is 10.6. The quantitative estimate of drug-likeness (QED) is 0.416. The maximum Gasteiger partial charge on any atom is 0.237 e. The van der Waals surface area contributed by atoms with Gasteiger partial charge in [-0.15, -0.1) is 0 Å². The highest BCUT2D eigenvalue weighted by Gasteiger charge is 2.17. The van der Waals surface area contributed by atoms with E-state index in [1.165, 1.54) is 0 Å². The molecular weight excluding hydrogens is 162 g/mol. The Bertz CT molecular complexity index is 171. The third-order valence-corrected chi connectivity index (χ3v) is 1.12. The Kier molecular flexibility index (Phi) is 4.98. The molecule has 0 spiro atoms. The first-order chi connectivity index (χ1) is 5.57. The monoisotopic (exact) mass is 175 g/mol. The molecular formula is C6H13N3O3. The number of nitrogens with one attached hydrogen (secondary N) is 1. The van der Waals surface area contributed by atoms with Gasteiger partial charge in [0.15, 0.2) is 0 Å². The summed E-state index contributed by atoms with van der Waals surface area (Å²) in [4.78, 5) is 25.7. The standard InChI is InChI=1S/C6H13N3O3/c1-2-12-9-4(6(8)11)3-5(7)10/h4,9H,2-3H2,1H3,(H2,7,10)(H2,8,11). The predicted octanol–water partition coefficient (Wildman–Crippen LogP) is -1.74. The van der Waals surface area contributed by atoms with Gasteiger partial charge in [0.2, 0.25) is 11.8 Å². The fourth-order valence-electron chi connectivity index (χ4n) is 0.585. The van der Waals surface area contributed by atoms with Gasteiger partial charge >= 0.3 is 0 Å². The Labute approximate surface area is 70.2 Å². The van der Waals surface area contributed by atoms with Crippen LogP contribution in [-0.4, -0.2) is 24.5 Å². The van der Waals surface area contributed by atoms with Crippen LogP contribution in [0.5, 0.6) is 0 Å². The minimum absolute atomic E-state index is 0.157. The first-order valence-corrected chi connectivity index (χ1v) is 3.52. The maximum absolute atomic E-state index is 10.6. The second-order valence-electron chi connectivity index (χ2n) is 2.18. The molecule has 0 fully saturated rings. The molecule has 0 aromatic rings. The number of nitrogens with two attached hydrogens (primary N) is 2. The highest BCUT2D eigenvalue weighted by Crippen LogP contribution is 1.89. The number of carbonyl (C=O) groups is 2. The van der Waals surface area contributed by atoms with Crippen molar-refractivity contribution in [1.82, 2.24) is 5.48 Å². The van der Waals surface area contributed by atoms with Crippen molar-refractivity contribution in [2.75, 3.05) is 6.61 Å². The summed E-state index contributed by atoms with van der Waals surface area (Å²) in [6.45, 7) is 2.11. The first kappa shape index (κ1) is 10.9. The van der Waals surface area contributed by atoms with Crippen LogP contribution in [0.25, 0.3) is 0 Å². The van der Waals surface area contributed by atoms with E-state index in [9.17, 15) is 9.59 Å². The van der Waals surface area contributed by atoms with Gasteiger partial charge in [0.25, 0.3) is 0 Å². The molecule has 0 bridgehead atoms. The lowest BCUT2D eigenvalue weighted by Crippen LogP contribution is -2.43. The molecule has 0 saturated carbocycles.